The number of piperidine rings is 1. The van der Waals surface area contributed by atoms with E-state index in [1.165, 1.54) is 12.1 Å². The van der Waals surface area contributed by atoms with Gasteiger partial charge in [-0.15, -0.1) is 0 Å². The number of aliphatic carboxylic acids is 1. The molecular weight excluding hydrogens is 483 g/mol. The third-order valence-corrected chi connectivity index (χ3v) is 6.54. The number of alkyl halides is 3. The molecule has 37 heavy (non-hydrogen) atoms. The first-order valence-electron chi connectivity index (χ1n) is 12.4. The first-order chi connectivity index (χ1) is 17.8. The third-order valence-electron chi connectivity index (χ3n) is 6.54. The Labute approximate surface area is 214 Å². The molecule has 1 N–H and O–H groups in total. The van der Waals surface area contributed by atoms with Crippen molar-refractivity contribution in [1.29, 1.82) is 0 Å². The van der Waals surface area contributed by atoms with Gasteiger partial charge >= 0.3 is 12.1 Å². The molecule has 5 nitrogen and oxygen atoms in total. The minimum absolute atomic E-state index is 0.0172. The smallest absolute Gasteiger partial charge is 0.416 e. The summed E-state index contributed by atoms with van der Waals surface area (Å²) in [5.74, 6) is -0.179. The molecule has 0 aromatic heterocycles. The lowest BCUT2D eigenvalue weighted by molar-refractivity contribution is -0.145. The maximum atomic E-state index is 14.1. The lowest BCUT2D eigenvalue weighted by Gasteiger charge is -2.40. The highest BCUT2D eigenvalue weighted by Gasteiger charge is 2.40. The lowest BCUT2D eigenvalue weighted by atomic mass is 9.89. The van der Waals surface area contributed by atoms with Crippen LogP contribution in [0, 0.1) is 0 Å². The zero-order valence-corrected chi connectivity index (χ0v) is 20.6. The van der Waals surface area contributed by atoms with Gasteiger partial charge in [0.1, 0.15) is 12.6 Å². The van der Waals surface area contributed by atoms with Crippen LogP contribution in [-0.4, -0.2) is 35.2 Å². The molecule has 1 saturated heterocycles. The Balaban J connectivity index is 1.79. The summed E-state index contributed by atoms with van der Waals surface area (Å²) in [6.07, 6.45) is -2.82. The van der Waals surface area contributed by atoms with E-state index in [9.17, 15) is 23.1 Å². The van der Waals surface area contributed by atoms with Crippen LogP contribution in [0.25, 0.3) is 0 Å². The minimum Gasteiger partial charge on any atom is -0.490 e. The molecule has 0 radical (unpaired) electrons. The topological polar surface area (TPSA) is 59.0 Å². The van der Waals surface area contributed by atoms with Gasteiger partial charge in [-0.05, 0) is 61.2 Å². The fourth-order valence-electron chi connectivity index (χ4n) is 4.89. The van der Waals surface area contributed by atoms with Crippen molar-refractivity contribution in [3.05, 3.63) is 95.1 Å². The highest BCUT2D eigenvalue weighted by atomic mass is 19.4. The summed E-state index contributed by atoms with van der Waals surface area (Å²) < 4.78 is 54.1. The minimum atomic E-state index is -4.59. The zero-order valence-electron chi connectivity index (χ0n) is 20.6. The highest BCUT2D eigenvalue weighted by Crippen LogP contribution is 2.43. The summed E-state index contributed by atoms with van der Waals surface area (Å²) in [6, 6.07) is 18.2. The number of likely N-dealkylation sites (tertiary alicyclic amines) is 1. The van der Waals surface area contributed by atoms with Crippen LogP contribution in [0.3, 0.4) is 0 Å². The fourth-order valence-corrected chi connectivity index (χ4v) is 4.89. The van der Waals surface area contributed by atoms with Crippen LogP contribution in [-0.2, 0) is 17.6 Å². The third kappa shape index (κ3) is 6.25. The van der Waals surface area contributed by atoms with Crippen molar-refractivity contribution >= 4 is 5.97 Å². The standard InChI is InChI=1S/C29H30F3NO4/c1-2-36-26-18-21(15-16-25(26)37-19-20-10-4-3-5-11-20)27(33-17-9-8-14-24(33)28(34)35)22-12-6-7-13-23(22)29(30,31)32/h3-7,10-13,15-16,18,24,27H,2,8-9,14,17,19H2,1H3,(H,34,35). The Hall–Kier alpha value is -3.52. The van der Waals surface area contributed by atoms with E-state index < -0.39 is 29.8 Å². The Morgan fingerprint density at radius 1 is 1.00 bits per heavy atom. The van der Waals surface area contributed by atoms with E-state index in [1.807, 2.05) is 37.3 Å². The van der Waals surface area contributed by atoms with Crippen molar-refractivity contribution in [3.63, 3.8) is 0 Å². The van der Waals surface area contributed by atoms with Gasteiger partial charge < -0.3 is 14.6 Å². The number of halogens is 3. The molecule has 4 rings (SSSR count). The molecule has 0 saturated carbocycles. The van der Waals surface area contributed by atoms with Crippen LogP contribution in [0.15, 0.2) is 72.8 Å². The first kappa shape index (κ1) is 26.5. The normalized spacial score (nSPS) is 17.2. The Morgan fingerprint density at radius 2 is 1.73 bits per heavy atom. The predicted molar refractivity (Wildman–Crippen MR) is 134 cm³/mol. The molecule has 0 aliphatic carbocycles. The quantitative estimate of drug-likeness (QED) is 0.345. The van der Waals surface area contributed by atoms with Gasteiger partial charge in [-0.25, -0.2) is 0 Å². The van der Waals surface area contributed by atoms with Crippen molar-refractivity contribution < 1.29 is 32.5 Å². The maximum absolute atomic E-state index is 14.1. The van der Waals surface area contributed by atoms with Crippen LogP contribution in [0.4, 0.5) is 13.2 Å². The molecule has 8 heteroatoms. The van der Waals surface area contributed by atoms with E-state index in [1.54, 1.807) is 29.2 Å². The number of rotatable bonds is 9. The zero-order chi connectivity index (χ0) is 26.4. The van der Waals surface area contributed by atoms with Crippen molar-refractivity contribution in [1.82, 2.24) is 4.90 Å². The monoisotopic (exact) mass is 513 g/mol. The first-order valence-corrected chi connectivity index (χ1v) is 12.4. The molecule has 196 valence electrons. The van der Waals surface area contributed by atoms with Gasteiger partial charge in [0, 0.05) is 0 Å². The van der Waals surface area contributed by atoms with Crippen LogP contribution in [0.1, 0.15) is 54.5 Å². The summed E-state index contributed by atoms with van der Waals surface area (Å²) >= 11 is 0. The predicted octanol–water partition coefficient (Wildman–Crippen LogP) is 6.71. The Kier molecular flexibility index (Phi) is 8.38. The number of ether oxygens (including phenoxy) is 2. The van der Waals surface area contributed by atoms with E-state index in [2.05, 4.69) is 0 Å². The number of nitrogens with zero attached hydrogens (tertiary/aromatic N) is 1. The van der Waals surface area contributed by atoms with E-state index in [4.69, 9.17) is 9.47 Å². The molecule has 3 aromatic rings. The molecule has 3 aromatic carbocycles. The second-order valence-electron chi connectivity index (χ2n) is 8.99. The number of carbonyl (C=O) groups is 1. The van der Waals surface area contributed by atoms with Crippen molar-refractivity contribution in [3.8, 4) is 11.5 Å². The maximum Gasteiger partial charge on any atom is 0.416 e. The Bertz CT molecular complexity index is 1200. The van der Waals surface area contributed by atoms with Crippen LogP contribution < -0.4 is 9.47 Å². The van der Waals surface area contributed by atoms with E-state index in [-0.39, 0.29) is 5.56 Å². The van der Waals surface area contributed by atoms with E-state index >= 15 is 0 Å². The molecule has 0 amide bonds. The Morgan fingerprint density at radius 3 is 2.43 bits per heavy atom. The van der Waals surface area contributed by atoms with E-state index in [0.29, 0.717) is 56.1 Å². The van der Waals surface area contributed by atoms with Gasteiger partial charge in [0.05, 0.1) is 18.2 Å². The number of hydrogen-bond donors (Lipinski definition) is 1. The number of benzene rings is 3. The SMILES string of the molecule is CCOc1cc(C(c2ccccc2C(F)(F)F)N2CCCCC2C(=O)O)ccc1OCc1ccccc1. The summed E-state index contributed by atoms with van der Waals surface area (Å²) in [5.41, 5.74) is 0.713. The van der Waals surface area contributed by atoms with Crippen LogP contribution in [0.2, 0.25) is 0 Å². The van der Waals surface area contributed by atoms with E-state index in [0.717, 1.165) is 11.6 Å². The van der Waals surface area contributed by atoms with Gasteiger partial charge in [-0.2, -0.15) is 13.2 Å². The van der Waals surface area contributed by atoms with Crippen molar-refractivity contribution in [2.24, 2.45) is 0 Å². The summed E-state index contributed by atoms with van der Waals surface area (Å²) in [4.78, 5) is 13.8. The van der Waals surface area contributed by atoms with Crippen LogP contribution in [0.5, 0.6) is 11.5 Å². The molecule has 0 bridgehead atoms. The second kappa shape index (κ2) is 11.7. The fraction of sp³-hybridized carbons (Fsp3) is 0.345. The summed E-state index contributed by atoms with van der Waals surface area (Å²) in [7, 11) is 0. The largest absolute Gasteiger partial charge is 0.490 e. The molecule has 0 spiro atoms. The van der Waals surface area contributed by atoms with Gasteiger partial charge in [-0.3, -0.25) is 9.69 Å². The van der Waals surface area contributed by atoms with Crippen LogP contribution >= 0.6 is 0 Å². The highest BCUT2D eigenvalue weighted by molar-refractivity contribution is 5.74. The molecule has 1 fully saturated rings. The van der Waals surface area contributed by atoms with Crippen molar-refractivity contribution in [2.45, 2.75) is 51.1 Å². The number of carboxylic acids is 1. The van der Waals surface area contributed by atoms with Gasteiger partial charge in [0.15, 0.2) is 11.5 Å². The molecule has 1 heterocycles. The van der Waals surface area contributed by atoms with Crippen molar-refractivity contribution in [2.75, 3.05) is 13.2 Å². The summed E-state index contributed by atoms with van der Waals surface area (Å²) in [6.45, 7) is 2.81. The number of carboxylic acid groups (broad SMARTS) is 1. The molecular formula is C29H30F3NO4. The molecule has 1 aliphatic heterocycles. The van der Waals surface area contributed by atoms with Gasteiger partial charge in [0.2, 0.25) is 0 Å². The molecule has 1 aliphatic rings. The second-order valence-corrected chi connectivity index (χ2v) is 8.99. The number of hydrogen-bond acceptors (Lipinski definition) is 4. The summed E-state index contributed by atoms with van der Waals surface area (Å²) in [5, 5.41) is 9.93. The molecule has 2 unspecified atom stereocenters. The molecule has 2 atom stereocenters. The average molecular weight is 514 g/mol. The van der Waals surface area contributed by atoms with Gasteiger partial charge in [0.25, 0.3) is 0 Å². The lowest BCUT2D eigenvalue weighted by Crippen LogP contribution is -2.47. The average Bonchev–Trinajstić information content (AvgIpc) is 2.89. The van der Waals surface area contributed by atoms with Gasteiger partial charge in [-0.1, -0.05) is 61.0 Å².